The van der Waals surface area contributed by atoms with Gasteiger partial charge in [0.15, 0.2) is 0 Å². The zero-order valence-corrected chi connectivity index (χ0v) is 33.5. The minimum atomic E-state index is -2.94. The summed E-state index contributed by atoms with van der Waals surface area (Å²) in [6.45, 7) is 23.7. The molecule has 0 aromatic carbocycles. The highest BCUT2D eigenvalue weighted by Gasteiger charge is 2.70. The van der Waals surface area contributed by atoms with Crippen molar-refractivity contribution in [2.45, 2.75) is 123 Å². The second-order valence-corrected chi connectivity index (χ2v) is 21.3. The Bertz CT molecular complexity index is 1520. The van der Waals surface area contributed by atoms with Gasteiger partial charge < -0.3 is 15.0 Å². The lowest BCUT2D eigenvalue weighted by molar-refractivity contribution is -0.221. The number of methoxy groups -OCH3 is 1. The SMILES string of the molecule is C=C(C)[C@@H]1CC[C@]2(NCCN3CCC(S(C)(=O)=O)CC3)CC[C@]3(C)[C@H](CCC4[C@@]5(C)CC=C(/C=C/C=C/C(=O)OC)C(C)(C)C5CC[C@]43C)C12. The fourth-order valence-corrected chi connectivity index (χ4v) is 14.8. The molecule has 6 rings (SSSR count). The summed E-state index contributed by atoms with van der Waals surface area (Å²) in [5.74, 6) is 2.94. The van der Waals surface area contributed by atoms with E-state index in [2.05, 4.69) is 70.5 Å². The third-order valence-corrected chi connectivity index (χ3v) is 18.3. The van der Waals surface area contributed by atoms with Crippen LogP contribution in [-0.4, -0.2) is 69.6 Å². The van der Waals surface area contributed by atoms with Crippen LogP contribution in [0.25, 0.3) is 0 Å². The predicted octanol–water partition coefficient (Wildman–Crippen LogP) is 8.32. The molecule has 7 heteroatoms. The highest BCUT2D eigenvalue weighted by atomic mass is 32.2. The van der Waals surface area contributed by atoms with Gasteiger partial charge in [-0.2, -0.15) is 0 Å². The molecule has 50 heavy (non-hydrogen) atoms. The van der Waals surface area contributed by atoms with Crippen molar-refractivity contribution in [1.29, 1.82) is 0 Å². The maximum atomic E-state index is 12.1. The van der Waals surface area contributed by atoms with E-state index in [1.165, 1.54) is 82.0 Å². The number of piperidine rings is 1. The van der Waals surface area contributed by atoms with Crippen LogP contribution < -0.4 is 5.32 Å². The highest BCUT2D eigenvalue weighted by Crippen LogP contribution is 2.76. The zero-order valence-electron chi connectivity index (χ0n) is 32.7. The van der Waals surface area contributed by atoms with Gasteiger partial charge in [-0.1, -0.05) is 71.1 Å². The largest absolute Gasteiger partial charge is 0.466 e. The standard InChI is InChI=1S/C43H68N2O4S/c1-30(2)33-17-23-43(44-26-29-45-27-19-32(20-28-45)50(9,47)48)25-24-41(6)34(38(33)43)14-15-36-40(5)21-16-31(12-10-11-13-37(46)49-8)39(3,4)35(40)18-22-42(36,41)7/h10-13,16,32-36,38,44H,1,14-15,17-29H2,2-9H3/b12-10+,13-11+/t33-,34+,35?,36?,38?,40-,41+,42+,43-/m0/s1. The van der Waals surface area contributed by atoms with Gasteiger partial charge in [0.1, 0.15) is 9.84 Å². The normalized spacial score (nSPS) is 42.0. The molecule has 0 radical (unpaired) electrons. The average molecular weight is 709 g/mol. The highest BCUT2D eigenvalue weighted by molar-refractivity contribution is 7.91. The Hall–Kier alpha value is -1.70. The van der Waals surface area contributed by atoms with E-state index in [1.807, 2.05) is 6.08 Å². The van der Waals surface area contributed by atoms with Gasteiger partial charge in [-0.15, -0.1) is 0 Å². The van der Waals surface area contributed by atoms with Crippen LogP contribution in [-0.2, 0) is 19.4 Å². The van der Waals surface area contributed by atoms with E-state index in [9.17, 15) is 13.2 Å². The molecule has 1 N–H and O–H groups in total. The Morgan fingerprint density at radius 1 is 0.960 bits per heavy atom. The molecule has 1 saturated heterocycles. The molecule has 0 amide bonds. The van der Waals surface area contributed by atoms with E-state index in [1.54, 1.807) is 6.08 Å². The van der Waals surface area contributed by atoms with Crippen molar-refractivity contribution in [3.63, 3.8) is 0 Å². The predicted molar refractivity (Wildman–Crippen MR) is 205 cm³/mol. The molecule has 6 nitrogen and oxygen atoms in total. The topological polar surface area (TPSA) is 75.7 Å². The Kier molecular flexibility index (Phi) is 10.4. The van der Waals surface area contributed by atoms with Gasteiger partial charge in [0.25, 0.3) is 0 Å². The monoisotopic (exact) mass is 708 g/mol. The fraction of sp³-hybridized carbons (Fsp3) is 0.791. The van der Waals surface area contributed by atoms with Crippen molar-refractivity contribution in [3.8, 4) is 0 Å². The summed E-state index contributed by atoms with van der Waals surface area (Å²) in [5.41, 5.74) is 3.92. The van der Waals surface area contributed by atoms with Crippen LogP contribution in [0.5, 0.6) is 0 Å². The minimum Gasteiger partial charge on any atom is -0.466 e. The van der Waals surface area contributed by atoms with Crippen molar-refractivity contribution >= 4 is 15.8 Å². The van der Waals surface area contributed by atoms with Gasteiger partial charge in [0.05, 0.1) is 12.4 Å². The summed E-state index contributed by atoms with van der Waals surface area (Å²) in [6, 6.07) is 0. The van der Waals surface area contributed by atoms with Crippen molar-refractivity contribution in [2.24, 2.45) is 51.2 Å². The molecular formula is C43H68N2O4S. The Labute approximate surface area is 304 Å². The van der Waals surface area contributed by atoms with E-state index in [0.29, 0.717) is 40.4 Å². The maximum Gasteiger partial charge on any atom is 0.330 e. The van der Waals surface area contributed by atoms with Crippen LogP contribution in [0.2, 0.25) is 0 Å². The number of nitrogens with zero attached hydrogens (tertiary/aromatic N) is 1. The van der Waals surface area contributed by atoms with E-state index in [-0.39, 0.29) is 27.6 Å². The third-order valence-electron chi connectivity index (χ3n) is 16.6. The number of nitrogens with one attached hydrogen (secondary N) is 1. The van der Waals surface area contributed by atoms with Crippen LogP contribution in [0.1, 0.15) is 112 Å². The number of rotatable bonds is 9. The maximum absolute atomic E-state index is 12.1. The molecule has 1 aliphatic heterocycles. The van der Waals surface area contributed by atoms with Gasteiger partial charge in [-0.25, -0.2) is 13.2 Å². The van der Waals surface area contributed by atoms with Crippen molar-refractivity contribution in [1.82, 2.24) is 10.2 Å². The molecule has 0 aromatic heterocycles. The van der Waals surface area contributed by atoms with Crippen molar-refractivity contribution in [3.05, 3.63) is 48.1 Å². The van der Waals surface area contributed by atoms with Crippen molar-refractivity contribution in [2.75, 3.05) is 39.5 Å². The number of likely N-dealkylation sites (tertiary alicyclic amines) is 1. The lowest BCUT2D eigenvalue weighted by Gasteiger charge is -2.72. The molecule has 3 unspecified atom stereocenters. The molecule has 4 saturated carbocycles. The van der Waals surface area contributed by atoms with Gasteiger partial charge in [-0.05, 0) is 147 Å². The van der Waals surface area contributed by atoms with E-state index >= 15 is 0 Å². The molecule has 0 bridgehead atoms. The second kappa shape index (κ2) is 13.6. The van der Waals surface area contributed by atoms with Crippen molar-refractivity contribution < 1.29 is 17.9 Å². The summed E-state index contributed by atoms with van der Waals surface area (Å²) in [5, 5.41) is 4.09. The van der Waals surface area contributed by atoms with Gasteiger partial charge in [-0.3, -0.25) is 0 Å². The smallest absolute Gasteiger partial charge is 0.330 e. The third kappa shape index (κ3) is 6.25. The first kappa shape index (κ1) is 38.0. The molecule has 5 fully saturated rings. The quantitative estimate of drug-likeness (QED) is 0.112. The average Bonchev–Trinajstić information content (AvgIpc) is 3.44. The van der Waals surface area contributed by atoms with Gasteiger partial charge in [0.2, 0.25) is 0 Å². The van der Waals surface area contributed by atoms with Gasteiger partial charge in [0, 0.05) is 31.0 Å². The van der Waals surface area contributed by atoms with Crippen LogP contribution >= 0.6 is 0 Å². The van der Waals surface area contributed by atoms with E-state index in [4.69, 9.17) is 4.74 Å². The molecule has 6 aliphatic rings. The molecule has 5 aliphatic carbocycles. The number of hydrogen-bond acceptors (Lipinski definition) is 6. The summed E-state index contributed by atoms with van der Waals surface area (Å²) in [4.78, 5) is 14.1. The number of sulfone groups is 1. The summed E-state index contributed by atoms with van der Waals surface area (Å²) < 4.78 is 29.0. The zero-order chi connectivity index (χ0) is 36.3. The molecule has 9 atom stereocenters. The fourth-order valence-electron chi connectivity index (χ4n) is 13.7. The first-order chi connectivity index (χ1) is 23.4. The van der Waals surface area contributed by atoms with Crippen LogP contribution in [0.4, 0.5) is 0 Å². The minimum absolute atomic E-state index is 0.0733. The lowest BCUT2D eigenvalue weighted by atomic mass is 9.33. The summed E-state index contributed by atoms with van der Waals surface area (Å²) in [7, 11) is -1.53. The summed E-state index contributed by atoms with van der Waals surface area (Å²) in [6.07, 6.45) is 24.4. The van der Waals surface area contributed by atoms with Gasteiger partial charge >= 0.3 is 5.97 Å². The molecule has 0 spiro atoms. The Morgan fingerprint density at radius 3 is 2.34 bits per heavy atom. The number of hydrogen-bond donors (Lipinski definition) is 1. The number of fused-ring (bicyclic) bond motifs is 7. The number of allylic oxidation sites excluding steroid dienone is 6. The number of esters is 1. The molecule has 280 valence electrons. The van der Waals surface area contributed by atoms with Crippen LogP contribution in [0.3, 0.4) is 0 Å². The first-order valence-corrected chi connectivity index (χ1v) is 21.8. The molecular weight excluding hydrogens is 641 g/mol. The van der Waals surface area contributed by atoms with E-state index in [0.717, 1.165) is 45.4 Å². The van der Waals surface area contributed by atoms with Crippen LogP contribution in [0, 0.1) is 51.2 Å². The number of carbonyl (C=O) groups is 1. The molecule has 0 aromatic rings. The summed E-state index contributed by atoms with van der Waals surface area (Å²) >= 11 is 0. The number of ether oxygens (including phenoxy) is 1. The van der Waals surface area contributed by atoms with E-state index < -0.39 is 9.84 Å². The Morgan fingerprint density at radius 2 is 1.68 bits per heavy atom. The Balaban J connectivity index is 1.21. The molecule has 1 heterocycles. The lowest BCUT2D eigenvalue weighted by Crippen LogP contribution is -2.68. The van der Waals surface area contributed by atoms with Crippen LogP contribution in [0.15, 0.2) is 48.1 Å². The number of carbonyl (C=O) groups excluding carboxylic acids is 1. The second-order valence-electron chi connectivity index (χ2n) is 19.0. The first-order valence-electron chi connectivity index (χ1n) is 19.9.